The second-order valence-electron chi connectivity index (χ2n) is 6.60. The van der Waals surface area contributed by atoms with Crippen molar-refractivity contribution in [1.29, 1.82) is 0 Å². The Hall–Kier alpha value is -0.610. The van der Waals surface area contributed by atoms with Crippen molar-refractivity contribution in [2.24, 2.45) is 23.0 Å². The van der Waals surface area contributed by atoms with Gasteiger partial charge in [0.1, 0.15) is 0 Å². The van der Waals surface area contributed by atoms with Gasteiger partial charge >= 0.3 is 0 Å². The van der Waals surface area contributed by atoms with E-state index in [1.807, 2.05) is 20.8 Å². The summed E-state index contributed by atoms with van der Waals surface area (Å²) in [6, 6.07) is -0.494. The number of aliphatic hydroxyl groups is 1. The standard InChI is InChI=1S/C14H30N2O2/c1-10(2)8-11(6-7-17)9-16-13(18)12(15)14(3,4)5/h10-12,17H,6-9,15H2,1-5H3,(H,16,18)/t11?,12-/m1/s1. The van der Waals surface area contributed by atoms with Crippen molar-refractivity contribution in [1.82, 2.24) is 5.32 Å². The molecule has 0 radical (unpaired) electrons. The third kappa shape index (κ3) is 6.97. The maximum absolute atomic E-state index is 11.9. The fourth-order valence-electron chi connectivity index (χ4n) is 1.90. The molecule has 4 nitrogen and oxygen atoms in total. The highest BCUT2D eigenvalue weighted by Crippen LogP contribution is 2.18. The van der Waals surface area contributed by atoms with Crippen molar-refractivity contribution in [2.75, 3.05) is 13.2 Å². The zero-order valence-corrected chi connectivity index (χ0v) is 12.5. The van der Waals surface area contributed by atoms with Gasteiger partial charge in [-0.1, -0.05) is 34.6 Å². The van der Waals surface area contributed by atoms with Crippen molar-refractivity contribution >= 4 is 5.91 Å². The van der Waals surface area contributed by atoms with Crippen LogP contribution >= 0.6 is 0 Å². The third-order valence-electron chi connectivity index (χ3n) is 3.12. The molecule has 1 unspecified atom stereocenters. The first-order valence-corrected chi connectivity index (χ1v) is 6.82. The molecule has 2 atom stereocenters. The number of carbonyl (C=O) groups is 1. The molecule has 0 heterocycles. The number of rotatable bonds is 7. The zero-order valence-electron chi connectivity index (χ0n) is 12.5. The van der Waals surface area contributed by atoms with Gasteiger partial charge in [-0.2, -0.15) is 0 Å². The first kappa shape index (κ1) is 17.4. The highest BCUT2D eigenvalue weighted by molar-refractivity contribution is 5.82. The molecule has 0 aromatic heterocycles. The molecule has 0 aliphatic rings. The summed E-state index contributed by atoms with van der Waals surface area (Å²) in [7, 11) is 0. The smallest absolute Gasteiger partial charge is 0.237 e. The number of amides is 1. The van der Waals surface area contributed by atoms with Crippen LogP contribution in [-0.2, 0) is 4.79 Å². The number of carbonyl (C=O) groups excluding carboxylic acids is 1. The quantitative estimate of drug-likeness (QED) is 0.648. The molecule has 0 aromatic carbocycles. The Balaban J connectivity index is 4.22. The maximum atomic E-state index is 11.9. The van der Waals surface area contributed by atoms with E-state index in [-0.39, 0.29) is 17.9 Å². The van der Waals surface area contributed by atoms with Crippen molar-refractivity contribution in [3.8, 4) is 0 Å². The van der Waals surface area contributed by atoms with Crippen LogP contribution in [0.4, 0.5) is 0 Å². The van der Waals surface area contributed by atoms with Gasteiger partial charge in [-0.25, -0.2) is 0 Å². The van der Waals surface area contributed by atoms with E-state index in [1.165, 1.54) is 0 Å². The molecule has 0 saturated heterocycles. The Kier molecular flexibility index (Phi) is 7.48. The minimum absolute atomic E-state index is 0.103. The molecular formula is C14H30N2O2. The van der Waals surface area contributed by atoms with Gasteiger partial charge < -0.3 is 16.2 Å². The summed E-state index contributed by atoms with van der Waals surface area (Å²) in [5.41, 5.74) is 5.67. The van der Waals surface area contributed by atoms with E-state index < -0.39 is 6.04 Å². The number of nitrogens with two attached hydrogens (primary N) is 1. The fourth-order valence-corrected chi connectivity index (χ4v) is 1.90. The first-order valence-electron chi connectivity index (χ1n) is 6.82. The second kappa shape index (κ2) is 7.74. The molecule has 4 N–H and O–H groups in total. The highest BCUT2D eigenvalue weighted by Gasteiger charge is 2.27. The van der Waals surface area contributed by atoms with Crippen LogP contribution in [0.15, 0.2) is 0 Å². The lowest BCUT2D eigenvalue weighted by atomic mass is 9.86. The van der Waals surface area contributed by atoms with Crippen LogP contribution in [0, 0.1) is 17.3 Å². The predicted octanol–water partition coefficient (Wildman–Crippen LogP) is 1.52. The lowest BCUT2D eigenvalue weighted by molar-refractivity contribution is -0.124. The van der Waals surface area contributed by atoms with Crippen molar-refractivity contribution in [2.45, 2.75) is 53.5 Å². The van der Waals surface area contributed by atoms with Crippen molar-refractivity contribution in [3.05, 3.63) is 0 Å². The van der Waals surface area contributed by atoms with Gasteiger partial charge in [-0.3, -0.25) is 4.79 Å². The van der Waals surface area contributed by atoms with E-state index in [9.17, 15) is 4.79 Å². The van der Waals surface area contributed by atoms with E-state index >= 15 is 0 Å². The molecule has 108 valence electrons. The van der Waals surface area contributed by atoms with Gasteiger partial charge in [0.15, 0.2) is 0 Å². The number of aliphatic hydroxyl groups excluding tert-OH is 1. The molecule has 0 aliphatic heterocycles. The molecule has 0 spiro atoms. The molecule has 0 aromatic rings. The minimum atomic E-state index is -0.494. The van der Waals surface area contributed by atoms with Crippen molar-refractivity contribution < 1.29 is 9.90 Å². The first-order chi connectivity index (χ1) is 8.18. The molecule has 1 amide bonds. The molecule has 0 rings (SSSR count). The normalized spacial score (nSPS) is 15.6. The van der Waals surface area contributed by atoms with Gasteiger partial charge in [0.25, 0.3) is 0 Å². The van der Waals surface area contributed by atoms with E-state index in [2.05, 4.69) is 19.2 Å². The molecule has 0 fully saturated rings. The van der Waals surface area contributed by atoms with Gasteiger partial charge in [0.05, 0.1) is 6.04 Å². The van der Waals surface area contributed by atoms with Crippen LogP contribution in [0.5, 0.6) is 0 Å². The number of hydrogen-bond acceptors (Lipinski definition) is 3. The highest BCUT2D eigenvalue weighted by atomic mass is 16.3. The number of hydrogen-bond donors (Lipinski definition) is 3. The molecular weight excluding hydrogens is 228 g/mol. The van der Waals surface area contributed by atoms with Gasteiger partial charge in [0.2, 0.25) is 5.91 Å². The summed E-state index contributed by atoms with van der Waals surface area (Å²) >= 11 is 0. The van der Waals surface area contributed by atoms with Crippen LogP contribution < -0.4 is 11.1 Å². The molecule has 0 aliphatic carbocycles. The Labute approximate surface area is 111 Å². The van der Waals surface area contributed by atoms with Crippen LogP contribution in [-0.4, -0.2) is 30.2 Å². The van der Waals surface area contributed by atoms with Crippen LogP contribution in [0.1, 0.15) is 47.5 Å². The lowest BCUT2D eigenvalue weighted by Gasteiger charge is -2.27. The van der Waals surface area contributed by atoms with E-state index in [1.54, 1.807) is 0 Å². The van der Waals surface area contributed by atoms with Crippen LogP contribution in [0.3, 0.4) is 0 Å². The number of nitrogens with one attached hydrogen (secondary N) is 1. The molecule has 0 bridgehead atoms. The summed E-state index contributed by atoms with van der Waals surface area (Å²) in [6.45, 7) is 10.9. The Bertz CT molecular complexity index is 247. The Morgan fingerprint density at radius 2 is 1.89 bits per heavy atom. The Morgan fingerprint density at radius 1 is 1.33 bits per heavy atom. The molecule has 18 heavy (non-hydrogen) atoms. The maximum Gasteiger partial charge on any atom is 0.237 e. The summed E-state index contributed by atoms with van der Waals surface area (Å²) < 4.78 is 0. The average Bonchev–Trinajstić information content (AvgIpc) is 2.22. The SMILES string of the molecule is CC(C)CC(CCO)CNC(=O)[C@@H](N)C(C)(C)C. The second-order valence-corrected chi connectivity index (χ2v) is 6.60. The topological polar surface area (TPSA) is 75.3 Å². The zero-order chi connectivity index (χ0) is 14.3. The van der Waals surface area contributed by atoms with E-state index in [0.717, 1.165) is 12.8 Å². The minimum Gasteiger partial charge on any atom is -0.396 e. The van der Waals surface area contributed by atoms with E-state index in [0.29, 0.717) is 18.4 Å². The third-order valence-corrected chi connectivity index (χ3v) is 3.12. The predicted molar refractivity (Wildman–Crippen MR) is 75.1 cm³/mol. The summed E-state index contributed by atoms with van der Waals surface area (Å²) in [4.78, 5) is 11.9. The lowest BCUT2D eigenvalue weighted by Crippen LogP contribution is -2.49. The summed E-state index contributed by atoms with van der Waals surface area (Å²) in [5, 5.41) is 11.9. The summed E-state index contributed by atoms with van der Waals surface area (Å²) in [5.74, 6) is 0.787. The van der Waals surface area contributed by atoms with Gasteiger partial charge in [-0.15, -0.1) is 0 Å². The van der Waals surface area contributed by atoms with Crippen molar-refractivity contribution in [3.63, 3.8) is 0 Å². The van der Waals surface area contributed by atoms with Crippen LogP contribution in [0.25, 0.3) is 0 Å². The Morgan fingerprint density at radius 3 is 2.28 bits per heavy atom. The molecule has 4 heteroatoms. The van der Waals surface area contributed by atoms with Crippen LogP contribution in [0.2, 0.25) is 0 Å². The van der Waals surface area contributed by atoms with E-state index in [4.69, 9.17) is 10.8 Å². The average molecular weight is 258 g/mol. The van der Waals surface area contributed by atoms with Gasteiger partial charge in [0, 0.05) is 13.2 Å². The van der Waals surface area contributed by atoms with Gasteiger partial charge in [-0.05, 0) is 30.1 Å². The fraction of sp³-hybridized carbons (Fsp3) is 0.929. The largest absolute Gasteiger partial charge is 0.396 e. The molecule has 0 saturated carbocycles. The monoisotopic (exact) mass is 258 g/mol. The summed E-state index contributed by atoms with van der Waals surface area (Å²) in [6.07, 6.45) is 1.73.